The molecule has 2 fully saturated rings. The number of amides is 1. The van der Waals surface area contributed by atoms with Gasteiger partial charge in [0.1, 0.15) is 0 Å². The minimum atomic E-state index is -3.55. The predicted octanol–water partition coefficient (Wildman–Crippen LogP) is 2.44. The van der Waals surface area contributed by atoms with Crippen molar-refractivity contribution in [3.63, 3.8) is 0 Å². The van der Waals surface area contributed by atoms with E-state index in [4.69, 9.17) is 11.6 Å². The molecule has 0 aliphatic carbocycles. The van der Waals surface area contributed by atoms with Gasteiger partial charge in [-0.05, 0) is 38.0 Å². The second-order valence-electron chi connectivity index (χ2n) is 7.31. The summed E-state index contributed by atoms with van der Waals surface area (Å²) in [6, 6.07) is 6.15. The number of nitrogens with zero attached hydrogens (tertiary/aromatic N) is 3. The van der Waals surface area contributed by atoms with Crippen molar-refractivity contribution in [2.24, 2.45) is 0 Å². The molecule has 2 aliphatic rings. The van der Waals surface area contributed by atoms with Gasteiger partial charge in [0.25, 0.3) is 0 Å². The van der Waals surface area contributed by atoms with Crippen LogP contribution in [0.2, 0.25) is 5.02 Å². The first-order chi connectivity index (χ1) is 12.9. The number of piperazine rings is 1. The number of benzene rings is 1. The van der Waals surface area contributed by atoms with Crippen molar-refractivity contribution in [1.82, 2.24) is 14.1 Å². The lowest BCUT2D eigenvalue weighted by Crippen LogP contribution is -2.55. The third-order valence-corrected chi connectivity index (χ3v) is 7.66. The lowest BCUT2D eigenvalue weighted by atomic mass is 10.2. The highest BCUT2D eigenvalue weighted by Crippen LogP contribution is 2.22. The molecular weight excluding hydrogens is 386 g/mol. The molecule has 8 heteroatoms. The van der Waals surface area contributed by atoms with Crippen LogP contribution in [-0.2, 0) is 14.8 Å². The van der Waals surface area contributed by atoms with Gasteiger partial charge >= 0.3 is 0 Å². The highest BCUT2D eigenvalue weighted by molar-refractivity contribution is 7.89. The van der Waals surface area contributed by atoms with Gasteiger partial charge < -0.3 is 4.90 Å². The lowest BCUT2D eigenvalue weighted by Gasteiger charge is -2.38. The first-order valence-electron chi connectivity index (χ1n) is 9.68. The van der Waals surface area contributed by atoms with E-state index in [2.05, 4.69) is 4.90 Å². The fourth-order valence-electron chi connectivity index (χ4n) is 3.82. The number of likely N-dealkylation sites (tertiary alicyclic amines) is 1. The van der Waals surface area contributed by atoms with Crippen LogP contribution in [0.5, 0.6) is 0 Å². The zero-order valence-corrected chi connectivity index (χ0v) is 17.4. The molecule has 0 radical (unpaired) electrons. The Morgan fingerprint density at radius 1 is 1.00 bits per heavy atom. The molecule has 1 amide bonds. The van der Waals surface area contributed by atoms with E-state index in [1.807, 2.05) is 11.8 Å². The average Bonchev–Trinajstić information content (AvgIpc) is 2.96. The van der Waals surface area contributed by atoms with Crippen LogP contribution >= 0.6 is 11.6 Å². The minimum absolute atomic E-state index is 0.169. The monoisotopic (exact) mass is 413 g/mol. The third kappa shape index (κ3) is 4.83. The first-order valence-corrected chi connectivity index (χ1v) is 11.5. The van der Waals surface area contributed by atoms with Crippen molar-refractivity contribution < 1.29 is 13.2 Å². The van der Waals surface area contributed by atoms with Crippen LogP contribution in [0.4, 0.5) is 0 Å². The van der Waals surface area contributed by atoms with E-state index in [0.29, 0.717) is 31.2 Å². The van der Waals surface area contributed by atoms with Crippen molar-refractivity contribution >= 4 is 27.5 Å². The molecular formula is C19H28ClN3O3S. The molecule has 1 aromatic carbocycles. The van der Waals surface area contributed by atoms with Crippen LogP contribution < -0.4 is 0 Å². The van der Waals surface area contributed by atoms with E-state index in [1.54, 1.807) is 18.2 Å². The summed E-state index contributed by atoms with van der Waals surface area (Å²) in [5.74, 6) is 0.169. The summed E-state index contributed by atoms with van der Waals surface area (Å²) in [5, 5.41) is 0.409. The topological polar surface area (TPSA) is 60.9 Å². The molecule has 2 heterocycles. The number of rotatable bonds is 4. The molecule has 0 N–H and O–H groups in total. The van der Waals surface area contributed by atoms with Gasteiger partial charge in [-0.3, -0.25) is 9.69 Å². The quantitative estimate of drug-likeness (QED) is 0.760. The van der Waals surface area contributed by atoms with Crippen molar-refractivity contribution in [2.45, 2.75) is 43.5 Å². The molecule has 0 saturated carbocycles. The van der Waals surface area contributed by atoms with Gasteiger partial charge in [0, 0.05) is 44.3 Å². The van der Waals surface area contributed by atoms with Gasteiger partial charge in [-0.1, -0.05) is 30.5 Å². The number of sulfonamides is 1. The maximum absolute atomic E-state index is 12.8. The average molecular weight is 414 g/mol. The van der Waals surface area contributed by atoms with Crippen molar-refractivity contribution in [3.05, 3.63) is 29.3 Å². The molecule has 0 aromatic heterocycles. The van der Waals surface area contributed by atoms with Crippen molar-refractivity contribution in [2.75, 3.05) is 39.3 Å². The molecule has 2 saturated heterocycles. The van der Waals surface area contributed by atoms with Crippen molar-refractivity contribution in [3.8, 4) is 0 Å². The van der Waals surface area contributed by atoms with Crippen LogP contribution in [0.25, 0.3) is 0 Å². The Morgan fingerprint density at radius 3 is 2.22 bits per heavy atom. The summed E-state index contributed by atoms with van der Waals surface area (Å²) >= 11 is 5.94. The summed E-state index contributed by atoms with van der Waals surface area (Å²) < 4.78 is 27.1. The van der Waals surface area contributed by atoms with Crippen molar-refractivity contribution in [1.29, 1.82) is 0 Å². The summed E-state index contributed by atoms with van der Waals surface area (Å²) in [6.07, 6.45) is 4.53. The molecule has 0 bridgehead atoms. The zero-order chi connectivity index (χ0) is 19.4. The van der Waals surface area contributed by atoms with Gasteiger partial charge in [0.05, 0.1) is 10.9 Å². The SMILES string of the molecule is C[C@@H](C(=O)N1CCCCCC1)N1CCN(S(=O)(=O)c2cccc(Cl)c2)CC1. The Morgan fingerprint density at radius 2 is 1.63 bits per heavy atom. The highest BCUT2D eigenvalue weighted by atomic mass is 35.5. The Bertz CT molecular complexity index is 755. The summed E-state index contributed by atoms with van der Waals surface area (Å²) in [5.41, 5.74) is 0. The van der Waals surface area contributed by atoms with Gasteiger partial charge in [0.15, 0.2) is 0 Å². The van der Waals surface area contributed by atoms with Gasteiger partial charge in [0.2, 0.25) is 15.9 Å². The Kier molecular flexibility index (Phi) is 6.78. The van der Waals surface area contributed by atoms with Crippen LogP contribution in [0.15, 0.2) is 29.2 Å². The maximum Gasteiger partial charge on any atom is 0.243 e. The molecule has 0 spiro atoms. The van der Waals surface area contributed by atoms with Gasteiger partial charge in [-0.15, -0.1) is 0 Å². The smallest absolute Gasteiger partial charge is 0.243 e. The number of carbonyl (C=O) groups excluding carboxylic acids is 1. The molecule has 1 atom stereocenters. The second-order valence-corrected chi connectivity index (χ2v) is 9.69. The maximum atomic E-state index is 12.8. The predicted molar refractivity (Wildman–Crippen MR) is 106 cm³/mol. The number of halogens is 1. The van der Waals surface area contributed by atoms with E-state index in [0.717, 1.165) is 25.9 Å². The van der Waals surface area contributed by atoms with E-state index in [-0.39, 0.29) is 16.8 Å². The van der Waals surface area contributed by atoms with Gasteiger partial charge in [-0.25, -0.2) is 8.42 Å². The molecule has 6 nitrogen and oxygen atoms in total. The molecule has 0 unspecified atom stereocenters. The van der Waals surface area contributed by atoms with Crippen LogP contribution in [-0.4, -0.2) is 73.7 Å². The lowest BCUT2D eigenvalue weighted by molar-refractivity contribution is -0.136. The molecule has 3 rings (SSSR count). The second kappa shape index (κ2) is 8.90. The standard InChI is InChI=1S/C19H28ClN3O3S/c1-16(19(24)22-9-4-2-3-5-10-22)21-11-13-23(14-12-21)27(25,26)18-8-6-7-17(20)15-18/h6-8,15-16H,2-5,9-14H2,1H3/t16-/m0/s1. The van der Waals surface area contributed by atoms with Crippen LogP contribution in [0, 0.1) is 0 Å². The fourth-order valence-corrected chi connectivity index (χ4v) is 5.54. The molecule has 2 aliphatic heterocycles. The Labute approximate surface area is 167 Å². The molecule has 27 heavy (non-hydrogen) atoms. The molecule has 150 valence electrons. The fraction of sp³-hybridized carbons (Fsp3) is 0.632. The largest absolute Gasteiger partial charge is 0.341 e. The Balaban J connectivity index is 1.60. The number of hydrogen-bond donors (Lipinski definition) is 0. The third-order valence-electron chi connectivity index (χ3n) is 5.53. The first kappa shape index (κ1) is 20.6. The van der Waals surface area contributed by atoms with Gasteiger partial charge in [-0.2, -0.15) is 4.31 Å². The zero-order valence-electron chi connectivity index (χ0n) is 15.8. The number of hydrogen-bond acceptors (Lipinski definition) is 4. The minimum Gasteiger partial charge on any atom is -0.341 e. The molecule has 1 aromatic rings. The summed E-state index contributed by atoms with van der Waals surface area (Å²) in [4.78, 5) is 17.1. The number of carbonyl (C=O) groups is 1. The summed E-state index contributed by atoms with van der Waals surface area (Å²) in [6.45, 7) is 5.49. The van der Waals surface area contributed by atoms with E-state index >= 15 is 0 Å². The summed E-state index contributed by atoms with van der Waals surface area (Å²) in [7, 11) is -3.55. The van der Waals surface area contributed by atoms with Crippen LogP contribution in [0.3, 0.4) is 0 Å². The normalized spacial score (nSPS) is 21.6. The van der Waals surface area contributed by atoms with Crippen LogP contribution in [0.1, 0.15) is 32.6 Å². The Hall–Kier alpha value is -1.15. The van der Waals surface area contributed by atoms with E-state index < -0.39 is 10.0 Å². The highest BCUT2D eigenvalue weighted by Gasteiger charge is 2.33. The van der Waals surface area contributed by atoms with E-state index in [9.17, 15) is 13.2 Å². The van der Waals surface area contributed by atoms with E-state index in [1.165, 1.54) is 23.2 Å².